The first kappa shape index (κ1) is 13.1. The quantitative estimate of drug-likeness (QED) is 0.690. The third-order valence-corrected chi connectivity index (χ3v) is 2.83. The fourth-order valence-electron chi connectivity index (χ4n) is 1.90. The maximum absolute atomic E-state index is 11.7. The fraction of sp³-hybridized carbons (Fsp3) is 0.133. The lowest BCUT2D eigenvalue weighted by Gasteiger charge is -2.00. The number of aromatic nitrogens is 1. The second-order valence-electron chi connectivity index (χ2n) is 4.42. The third kappa shape index (κ3) is 3.00. The fourth-order valence-corrected chi connectivity index (χ4v) is 1.90. The van der Waals surface area contributed by atoms with Crippen LogP contribution in [0.5, 0.6) is 11.5 Å². The third-order valence-electron chi connectivity index (χ3n) is 2.83. The monoisotopic (exact) mass is 283 g/mol. The maximum atomic E-state index is 11.7. The van der Waals surface area contributed by atoms with Crippen LogP contribution in [0.15, 0.2) is 47.7 Å². The summed E-state index contributed by atoms with van der Waals surface area (Å²) in [5.74, 6) is 1.01. The number of benzene rings is 1. The Balaban J connectivity index is 1.65. The molecule has 1 N–H and O–H groups in total. The topological polar surface area (TPSA) is 72.8 Å². The molecule has 1 amide bonds. The van der Waals surface area contributed by atoms with Crippen molar-refractivity contribution in [3.8, 4) is 11.5 Å². The average Bonchev–Trinajstić information content (AvgIpc) is 2.87. The summed E-state index contributed by atoms with van der Waals surface area (Å²) < 4.78 is 10.9. The Hall–Kier alpha value is -2.89. The Morgan fingerprint density at radius 2 is 2.14 bits per heavy atom. The van der Waals surface area contributed by atoms with E-state index >= 15 is 0 Å². The number of hydrogen-bond donors (Lipinski definition) is 1. The predicted molar refractivity (Wildman–Crippen MR) is 76.5 cm³/mol. The van der Waals surface area contributed by atoms with Crippen molar-refractivity contribution in [2.24, 2.45) is 5.10 Å². The van der Waals surface area contributed by atoms with E-state index in [1.54, 1.807) is 36.5 Å². The van der Waals surface area contributed by atoms with Crippen LogP contribution >= 0.6 is 0 Å². The van der Waals surface area contributed by atoms with Gasteiger partial charge in [0.2, 0.25) is 6.29 Å². The van der Waals surface area contributed by atoms with E-state index in [4.69, 9.17) is 9.47 Å². The van der Waals surface area contributed by atoms with Crippen molar-refractivity contribution in [1.82, 2.24) is 10.4 Å². The largest absolute Gasteiger partial charge is 0.451 e. The van der Waals surface area contributed by atoms with Gasteiger partial charge in [-0.3, -0.25) is 9.78 Å². The van der Waals surface area contributed by atoms with Crippen LogP contribution in [0.25, 0.3) is 0 Å². The summed E-state index contributed by atoms with van der Waals surface area (Å²) in [5, 5.41) is 3.90. The van der Waals surface area contributed by atoms with Crippen LogP contribution in [0.1, 0.15) is 23.0 Å². The van der Waals surface area contributed by atoms with Crippen molar-refractivity contribution in [1.29, 1.82) is 0 Å². The van der Waals surface area contributed by atoms with E-state index in [2.05, 4.69) is 15.5 Å². The summed E-state index contributed by atoms with van der Waals surface area (Å²) in [7, 11) is 0. The van der Waals surface area contributed by atoms with Crippen molar-refractivity contribution in [2.45, 2.75) is 13.2 Å². The first-order valence-corrected chi connectivity index (χ1v) is 6.44. The van der Waals surface area contributed by atoms with Gasteiger partial charge >= 0.3 is 0 Å². The summed E-state index contributed by atoms with van der Waals surface area (Å²) in [6.45, 7) is 1.82. The van der Waals surface area contributed by atoms with Crippen LogP contribution in [-0.4, -0.2) is 23.4 Å². The smallest absolute Gasteiger partial charge is 0.289 e. The van der Waals surface area contributed by atoms with Gasteiger partial charge in [-0.05, 0) is 35.9 Å². The minimum Gasteiger partial charge on any atom is -0.451 e. The number of carbonyl (C=O) groups is 1. The van der Waals surface area contributed by atoms with E-state index in [0.29, 0.717) is 17.2 Å². The lowest BCUT2D eigenvalue weighted by molar-refractivity contribution is 0.0678. The summed E-state index contributed by atoms with van der Waals surface area (Å²) in [4.78, 5) is 15.7. The minimum absolute atomic E-state index is 0.281. The molecule has 3 rings (SSSR count). The Bertz CT molecular complexity index is 686. The summed E-state index contributed by atoms with van der Waals surface area (Å²) in [5.41, 5.74) is 3.53. The highest BCUT2D eigenvalue weighted by molar-refractivity contribution is 5.93. The molecule has 1 atom stereocenters. The van der Waals surface area contributed by atoms with Crippen molar-refractivity contribution < 1.29 is 14.3 Å². The van der Waals surface area contributed by atoms with Gasteiger partial charge in [-0.1, -0.05) is 6.07 Å². The van der Waals surface area contributed by atoms with E-state index in [0.717, 1.165) is 5.56 Å². The van der Waals surface area contributed by atoms with E-state index in [-0.39, 0.29) is 12.2 Å². The number of rotatable bonds is 3. The van der Waals surface area contributed by atoms with Gasteiger partial charge in [0.25, 0.3) is 5.91 Å². The zero-order valence-corrected chi connectivity index (χ0v) is 11.3. The van der Waals surface area contributed by atoms with E-state index in [9.17, 15) is 4.79 Å². The molecule has 21 heavy (non-hydrogen) atoms. The van der Waals surface area contributed by atoms with Gasteiger partial charge < -0.3 is 9.47 Å². The second-order valence-corrected chi connectivity index (χ2v) is 4.42. The number of amides is 1. The number of carbonyl (C=O) groups excluding carboxylic acids is 1. The molecule has 2 aromatic rings. The molecule has 0 spiro atoms. The number of ether oxygens (including phenoxy) is 2. The number of pyridine rings is 1. The summed E-state index contributed by atoms with van der Waals surface area (Å²) >= 11 is 0. The molecule has 0 aliphatic carbocycles. The number of hydrazone groups is 1. The van der Waals surface area contributed by atoms with Gasteiger partial charge in [0.15, 0.2) is 11.5 Å². The lowest BCUT2D eigenvalue weighted by Crippen LogP contribution is -2.18. The summed E-state index contributed by atoms with van der Waals surface area (Å²) in [6.07, 6.45) is 2.81. The molecule has 0 bridgehead atoms. The highest BCUT2D eigenvalue weighted by Gasteiger charge is 2.19. The summed E-state index contributed by atoms with van der Waals surface area (Å²) in [6, 6.07) is 10.5. The van der Waals surface area contributed by atoms with Gasteiger partial charge in [-0.2, -0.15) is 5.10 Å². The second kappa shape index (κ2) is 5.62. The van der Waals surface area contributed by atoms with Crippen LogP contribution in [0.4, 0.5) is 0 Å². The van der Waals surface area contributed by atoms with E-state index < -0.39 is 0 Å². The number of fused-ring (bicyclic) bond motifs is 1. The van der Waals surface area contributed by atoms with Crippen molar-refractivity contribution >= 4 is 12.1 Å². The van der Waals surface area contributed by atoms with Gasteiger partial charge in [0.05, 0.1) is 6.21 Å². The first-order valence-electron chi connectivity index (χ1n) is 6.44. The average molecular weight is 283 g/mol. The van der Waals surface area contributed by atoms with Crippen LogP contribution in [0.3, 0.4) is 0 Å². The molecule has 1 aliphatic heterocycles. The van der Waals surface area contributed by atoms with Crippen LogP contribution in [0, 0.1) is 0 Å². The molecule has 2 heterocycles. The molecule has 1 aromatic heterocycles. The van der Waals surface area contributed by atoms with Gasteiger partial charge in [0.1, 0.15) is 5.69 Å². The number of nitrogens with one attached hydrogen (secondary N) is 1. The maximum Gasteiger partial charge on any atom is 0.289 e. The predicted octanol–water partition coefficient (Wildman–Crippen LogP) is 1.96. The molecule has 1 aliphatic rings. The molecule has 1 aromatic carbocycles. The van der Waals surface area contributed by atoms with E-state index in [1.165, 1.54) is 6.21 Å². The van der Waals surface area contributed by atoms with Crippen LogP contribution in [-0.2, 0) is 0 Å². The molecule has 6 heteroatoms. The van der Waals surface area contributed by atoms with Crippen LogP contribution in [0.2, 0.25) is 0 Å². The zero-order chi connectivity index (χ0) is 14.7. The Labute approximate surface area is 121 Å². The molecule has 0 saturated heterocycles. The highest BCUT2D eigenvalue weighted by atomic mass is 16.7. The molecular formula is C15H13N3O3. The molecule has 0 saturated carbocycles. The standard InChI is InChI=1S/C15H13N3O3/c1-10-20-13-6-5-11(8-14(13)21-10)9-17-18-15(19)12-4-2-3-7-16-12/h2-10H,1H3,(H,18,19)/b17-9-/t10-/m0/s1. The first-order chi connectivity index (χ1) is 10.2. The normalized spacial score (nSPS) is 16.1. The molecule has 0 fully saturated rings. The Morgan fingerprint density at radius 3 is 2.95 bits per heavy atom. The van der Waals surface area contributed by atoms with Gasteiger partial charge in [-0.25, -0.2) is 5.43 Å². The van der Waals surface area contributed by atoms with Crippen LogP contribution < -0.4 is 14.9 Å². The SMILES string of the molecule is C[C@H]1Oc2ccc(/C=N\NC(=O)c3ccccn3)cc2O1. The highest BCUT2D eigenvalue weighted by Crippen LogP contribution is 2.34. The minimum atomic E-state index is -0.360. The number of nitrogens with zero attached hydrogens (tertiary/aromatic N) is 2. The van der Waals surface area contributed by atoms with Gasteiger partial charge in [0, 0.05) is 13.1 Å². The molecule has 0 unspecified atom stereocenters. The zero-order valence-electron chi connectivity index (χ0n) is 11.3. The van der Waals surface area contributed by atoms with E-state index in [1.807, 2.05) is 13.0 Å². The van der Waals surface area contributed by atoms with Gasteiger partial charge in [-0.15, -0.1) is 0 Å². The van der Waals surface area contributed by atoms with Crippen molar-refractivity contribution in [2.75, 3.05) is 0 Å². The van der Waals surface area contributed by atoms with Crippen molar-refractivity contribution in [3.63, 3.8) is 0 Å². The molecule has 106 valence electrons. The molecule has 0 radical (unpaired) electrons. The molecule has 6 nitrogen and oxygen atoms in total. The molecular weight excluding hydrogens is 270 g/mol. The Kier molecular flexibility index (Phi) is 3.51. The Morgan fingerprint density at radius 1 is 1.29 bits per heavy atom. The van der Waals surface area contributed by atoms with Crippen molar-refractivity contribution in [3.05, 3.63) is 53.9 Å². The lowest BCUT2D eigenvalue weighted by atomic mass is 10.2. The number of hydrogen-bond acceptors (Lipinski definition) is 5.